The van der Waals surface area contributed by atoms with Gasteiger partial charge in [-0.15, -0.1) is 0 Å². The number of hydrogen-bond acceptors (Lipinski definition) is 2. The number of likely N-dealkylation sites (N-methyl/N-ethyl adjacent to an activating group) is 1. The van der Waals surface area contributed by atoms with Crippen molar-refractivity contribution in [3.8, 4) is 0 Å². The maximum Gasteiger partial charge on any atom is 0.0416 e. The minimum Gasteiger partial charge on any atom is -0.306 e. The first kappa shape index (κ1) is 10.2. The SMILES string of the molecule is CCCN(C)CCc1ccccn1. The van der Waals surface area contributed by atoms with Gasteiger partial charge in [-0.05, 0) is 32.1 Å². The van der Waals surface area contributed by atoms with Gasteiger partial charge in [0.2, 0.25) is 0 Å². The van der Waals surface area contributed by atoms with Gasteiger partial charge in [0.25, 0.3) is 0 Å². The molecular formula is C11H18N2. The summed E-state index contributed by atoms with van der Waals surface area (Å²) in [5.41, 5.74) is 1.19. The molecule has 0 amide bonds. The number of hydrogen-bond donors (Lipinski definition) is 0. The van der Waals surface area contributed by atoms with E-state index in [1.54, 1.807) is 0 Å². The molecule has 0 atom stereocenters. The van der Waals surface area contributed by atoms with Gasteiger partial charge in [-0.1, -0.05) is 13.0 Å². The van der Waals surface area contributed by atoms with Gasteiger partial charge in [0.05, 0.1) is 0 Å². The zero-order valence-corrected chi connectivity index (χ0v) is 8.53. The second kappa shape index (κ2) is 5.70. The van der Waals surface area contributed by atoms with E-state index < -0.39 is 0 Å². The van der Waals surface area contributed by atoms with Crippen LogP contribution in [-0.4, -0.2) is 30.0 Å². The summed E-state index contributed by atoms with van der Waals surface area (Å²) in [6, 6.07) is 6.08. The predicted molar refractivity (Wildman–Crippen MR) is 55.7 cm³/mol. The van der Waals surface area contributed by atoms with Crippen LogP contribution in [0.2, 0.25) is 0 Å². The van der Waals surface area contributed by atoms with E-state index in [0.717, 1.165) is 13.0 Å². The fourth-order valence-electron chi connectivity index (χ4n) is 1.34. The van der Waals surface area contributed by atoms with Gasteiger partial charge in [0, 0.05) is 24.9 Å². The van der Waals surface area contributed by atoms with Gasteiger partial charge >= 0.3 is 0 Å². The van der Waals surface area contributed by atoms with Crippen LogP contribution < -0.4 is 0 Å². The largest absolute Gasteiger partial charge is 0.306 e. The van der Waals surface area contributed by atoms with Crippen LogP contribution >= 0.6 is 0 Å². The first-order valence-corrected chi connectivity index (χ1v) is 4.91. The predicted octanol–water partition coefficient (Wildman–Crippen LogP) is 1.97. The molecule has 0 aliphatic rings. The van der Waals surface area contributed by atoms with Crippen LogP contribution in [0.4, 0.5) is 0 Å². The quantitative estimate of drug-likeness (QED) is 0.685. The maximum atomic E-state index is 4.28. The van der Waals surface area contributed by atoms with Crippen molar-refractivity contribution >= 4 is 0 Å². The van der Waals surface area contributed by atoms with Gasteiger partial charge in [-0.25, -0.2) is 0 Å². The molecule has 0 aliphatic heterocycles. The standard InChI is InChI=1S/C11H18N2/c1-3-9-13(2)10-7-11-6-4-5-8-12-11/h4-6,8H,3,7,9-10H2,1-2H3. The second-order valence-corrected chi connectivity index (χ2v) is 3.37. The molecule has 0 aromatic carbocycles. The Hall–Kier alpha value is -0.890. The number of rotatable bonds is 5. The molecule has 0 spiro atoms. The van der Waals surface area contributed by atoms with Crippen LogP contribution in [0, 0.1) is 0 Å². The Labute approximate surface area is 80.6 Å². The summed E-state index contributed by atoms with van der Waals surface area (Å²) in [6.45, 7) is 4.48. The Bertz CT molecular complexity index is 221. The third kappa shape index (κ3) is 4.04. The summed E-state index contributed by atoms with van der Waals surface area (Å²) >= 11 is 0. The first-order valence-electron chi connectivity index (χ1n) is 4.91. The second-order valence-electron chi connectivity index (χ2n) is 3.37. The van der Waals surface area contributed by atoms with E-state index in [0.29, 0.717) is 0 Å². The highest BCUT2D eigenvalue weighted by Gasteiger charge is 1.97. The summed E-state index contributed by atoms with van der Waals surface area (Å²) in [4.78, 5) is 6.63. The van der Waals surface area contributed by atoms with Crippen LogP contribution in [0.25, 0.3) is 0 Å². The van der Waals surface area contributed by atoms with E-state index in [9.17, 15) is 0 Å². The summed E-state index contributed by atoms with van der Waals surface area (Å²) in [5, 5.41) is 0. The first-order chi connectivity index (χ1) is 6.33. The third-order valence-electron chi connectivity index (χ3n) is 2.08. The monoisotopic (exact) mass is 178 g/mol. The van der Waals surface area contributed by atoms with Crippen LogP contribution in [0.3, 0.4) is 0 Å². The molecule has 1 rings (SSSR count). The lowest BCUT2D eigenvalue weighted by Gasteiger charge is -2.14. The summed E-state index contributed by atoms with van der Waals surface area (Å²) in [5.74, 6) is 0. The molecule has 72 valence electrons. The van der Waals surface area contributed by atoms with Crippen LogP contribution in [-0.2, 0) is 6.42 Å². The Kier molecular flexibility index (Phi) is 4.47. The van der Waals surface area contributed by atoms with Crippen molar-refractivity contribution in [3.63, 3.8) is 0 Å². The molecule has 0 saturated carbocycles. The Morgan fingerprint density at radius 3 is 2.77 bits per heavy atom. The lowest BCUT2D eigenvalue weighted by Crippen LogP contribution is -2.22. The lowest BCUT2D eigenvalue weighted by molar-refractivity contribution is 0.338. The van der Waals surface area contributed by atoms with Crippen LogP contribution in [0.15, 0.2) is 24.4 Å². The molecule has 13 heavy (non-hydrogen) atoms. The highest BCUT2D eigenvalue weighted by Crippen LogP contribution is 1.96. The van der Waals surface area contributed by atoms with Crippen LogP contribution in [0.1, 0.15) is 19.0 Å². The molecule has 0 fully saturated rings. The fraction of sp³-hybridized carbons (Fsp3) is 0.545. The van der Waals surface area contributed by atoms with E-state index in [2.05, 4.69) is 29.9 Å². The topological polar surface area (TPSA) is 16.1 Å². The average molecular weight is 178 g/mol. The molecule has 2 nitrogen and oxygen atoms in total. The average Bonchev–Trinajstić information content (AvgIpc) is 2.17. The highest BCUT2D eigenvalue weighted by atomic mass is 15.1. The van der Waals surface area contributed by atoms with E-state index in [1.165, 1.54) is 18.7 Å². The molecule has 0 bridgehead atoms. The number of nitrogens with zero attached hydrogens (tertiary/aromatic N) is 2. The molecule has 0 aliphatic carbocycles. The number of aromatic nitrogens is 1. The Balaban J connectivity index is 2.27. The fourth-order valence-corrected chi connectivity index (χ4v) is 1.34. The maximum absolute atomic E-state index is 4.28. The number of pyridine rings is 1. The van der Waals surface area contributed by atoms with Gasteiger partial charge in [0.1, 0.15) is 0 Å². The molecule has 0 radical (unpaired) electrons. The van der Waals surface area contributed by atoms with Gasteiger partial charge in [-0.2, -0.15) is 0 Å². The molecule has 0 N–H and O–H groups in total. The minimum atomic E-state index is 1.05. The van der Waals surface area contributed by atoms with Gasteiger partial charge < -0.3 is 4.90 Å². The Morgan fingerprint density at radius 1 is 1.31 bits per heavy atom. The normalized spacial score (nSPS) is 10.7. The van der Waals surface area contributed by atoms with Crippen molar-refractivity contribution in [2.45, 2.75) is 19.8 Å². The van der Waals surface area contributed by atoms with E-state index >= 15 is 0 Å². The third-order valence-corrected chi connectivity index (χ3v) is 2.08. The van der Waals surface area contributed by atoms with Crippen molar-refractivity contribution in [3.05, 3.63) is 30.1 Å². The van der Waals surface area contributed by atoms with E-state index in [1.807, 2.05) is 18.3 Å². The van der Waals surface area contributed by atoms with Crippen molar-refractivity contribution in [2.24, 2.45) is 0 Å². The molecule has 2 heteroatoms. The van der Waals surface area contributed by atoms with Gasteiger partial charge in [-0.3, -0.25) is 4.98 Å². The summed E-state index contributed by atoms with van der Waals surface area (Å²) in [6.07, 6.45) is 4.13. The van der Waals surface area contributed by atoms with E-state index in [4.69, 9.17) is 0 Å². The lowest BCUT2D eigenvalue weighted by atomic mass is 10.2. The van der Waals surface area contributed by atoms with Crippen molar-refractivity contribution in [2.75, 3.05) is 20.1 Å². The minimum absolute atomic E-state index is 1.05. The molecule has 1 heterocycles. The molecule has 0 unspecified atom stereocenters. The molecular weight excluding hydrogens is 160 g/mol. The van der Waals surface area contributed by atoms with Crippen LogP contribution in [0.5, 0.6) is 0 Å². The Morgan fingerprint density at radius 2 is 2.15 bits per heavy atom. The smallest absolute Gasteiger partial charge is 0.0416 e. The van der Waals surface area contributed by atoms with Crippen molar-refractivity contribution in [1.29, 1.82) is 0 Å². The zero-order chi connectivity index (χ0) is 9.52. The van der Waals surface area contributed by atoms with E-state index in [-0.39, 0.29) is 0 Å². The molecule has 1 aromatic heterocycles. The van der Waals surface area contributed by atoms with Crippen molar-refractivity contribution in [1.82, 2.24) is 9.88 Å². The molecule has 0 saturated heterocycles. The zero-order valence-electron chi connectivity index (χ0n) is 8.53. The summed E-state index contributed by atoms with van der Waals surface area (Å²) < 4.78 is 0. The van der Waals surface area contributed by atoms with Gasteiger partial charge in [0.15, 0.2) is 0 Å². The highest BCUT2D eigenvalue weighted by molar-refractivity contribution is 5.03. The summed E-state index contributed by atoms with van der Waals surface area (Å²) in [7, 11) is 2.16. The molecule has 1 aromatic rings. The van der Waals surface area contributed by atoms with Crippen molar-refractivity contribution < 1.29 is 0 Å².